The second kappa shape index (κ2) is 5.46. The van der Waals surface area contributed by atoms with Gasteiger partial charge in [-0.2, -0.15) is 5.10 Å². The Morgan fingerprint density at radius 2 is 2.11 bits per heavy atom. The number of aliphatic imine (C=N–C) groups is 1. The van der Waals surface area contributed by atoms with Crippen LogP contribution in [0.15, 0.2) is 35.5 Å². The number of nitrogens with two attached hydrogens (primary N) is 1. The van der Waals surface area contributed by atoms with E-state index in [0.717, 1.165) is 5.56 Å². The Hall–Kier alpha value is -2.14. The molecule has 0 aliphatic carbocycles. The highest BCUT2D eigenvalue weighted by Gasteiger charge is 2.04. The van der Waals surface area contributed by atoms with Gasteiger partial charge in [0.2, 0.25) is 0 Å². The van der Waals surface area contributed by atoms with Crippen molar-refractivity contribution in [3.63, 3.8) is 0 Å². The lowest BCUT2D eigenvalue weighted by Gasteiger charge is -2.00. The number of aliphatic hydroxyl groups is 1. The molecule has 18 heavy (non-hydrogen) atoms. The van der Waals surface area contributed by atoms with Gasteiger partial charge in [0, 0.05) is 6.21 Å². The largest absolute Gasteiger partial charge is 0.394 e. The SMILES string of the molecule is Cc1ccc(/C=N/c2cnn(CCO)c2N)cc1. The molecule has 0 saturated carbocycles. The molecule has 0 radical (unpaired) electrons. The number of hydrogen-bond donors (Lipinski definition) is 2. The van der Waals surface area contributed by atoms with Crippen LogP contribution in [0, 0.1) is 6.92 Å². The molecule has 2 rings (SSSR count). The lowest BCUT2D eigenvalue weighted by Crippen LogP contribution is -2.07. The number of rotatable bonds is 4. The van der Waals surface area contributed by atoms with Crippen LogP contribution in [0.5, 0.6) is 0 Å². The zero-order valence-corrected chi connectivity index (χ0v) is 10.2. The summed E-state index contributed by atoms with van der Waals surface area (Å²) in [7, 11) is 0. The summed E-state index contributed by atoms with van der Waals surface area (Å²) in [5.74, 6) is 0.465. The Morgan fingerprint density at radius 1 is 1.39 bits per heavy atom. The highest BCUT2D eigenvalue weighted by Crippen LogP contribution is 2.20. The van der Waals surface area contributed by atoms with Crippen LogP contribution < -0.4 is 5.73 Å². The molecule has 0 aliphatic rings. The summed E-state index contributed by atoms with van der Waals surface area (Å²) in [5.41, 5.74) is 8.69. The van der Waals surface area contributed by atoms with Crippen LogP contribution >= 0.6 is 0 Å². The van der Waals surface area contributed by atoms with E-state index in [1.165, 1.54) is 10.2 Å². The standard InChI is InChI=1S/C13H16N4O/c1-10-2-4-11(5-3-10)8-15-12-9-16-17(6-7-18)13(12)14/h2-5,8-9,18H,6-7,14H2,1H3/b15-8+. The van der Waals surface area contributed by atoms with Crippen LogP contribution in [-0.4, -0.2) is 27.7 Å². The molecule has 0 unspecified atom stereocenters. The van der Waals surface area contributed by atoms with Gasteiger partial charge in [0.15, 0.2) is 0 Å². The molecule has 0 spiro atoms. The molecule has 2 aromatic rings. The van der Waals surface area contributed by atoms with E-state index in [0.29, 0.717) is 18.1 Å². The number of aromatic nitrogens is 2. The molecule has 0 amide bonds. The third-order valence-electron chi connectivity index (χ3n) is 2.60. The maximum atomic E-state index is 8.83. The van der Waals surface area contributed by atoms with E-state index >= 15 is 0 Å². The van der Waals surface area contributed by atoms with Crippen LogP contribution in [-0.2, 0) is 6.54 Å². The van der Waals surface area contributed by atoms with Gasteiger partial charge in [0.25, 0.3) is 0 Å². The van der Waals surface area contributed by atoms with Crippen molar-refractivity contribution in [2.75, 3.05) is 12.3 Å². The number of nitrogens with zero attached hydrogens (tertiary/aromatic N) is 3. The average molecular weight is 244 g/mol. The van der Waals surface area contributed by atoms with Gasteiger partial charge < -0.3 is 10.8 Å². The molecule has 5 nitrogen and oxygen atoms in total. The second-order valence-corrected chi connectivity index (χ2v) is 4.03. The van der Waals surface area contributed by atoms with E-state index in [4.69, 9.17) is 10.8 Å². The molecular weight excluding hydrogens is 228 g/mol. The van der Waals surface area contributed by atoms with Crippen LogP contribution in [0.1, 0.15) is 11.1 Å². The van der Waals surface area contributed by atoms with Crippen molar-refractivity contribution in [2.45, 2.75) is 13.5 Å². The number of hydrogen-bond acceptors (Lipinski definition) is 4. The highest BCUT2D eigenvalue weighted by molar-refractivity contribution is 5.83. The predicted octanol–water partition coefficient (Wildman–Crippen LogP) is 1.52. The van der Waals surface area contributed by atoms with Crippen molar-refractivity contribution in [1.29, 1.82) is 0 Å². The molecule has 94 valence electrons. The van der Waals surface area contributed by atoms with E-state index in [1.54, 1.807) is 12.4 Å². The van der Waals surface area contributed by atoms with E-state index in [1.807, 2.05) is 31.2 Å². The highest BCUT2D eigenvalue weighted by atomic mass is 16.3. The van der Waals surface area contributed by atoms with Crippen molar-refractivity contribution in [3.05, 3.63) is 41.6 Å². The molecular formula is C13H16N4O. The van der Waals surface area contributed by atoms with Crippen LogP contribution in [0.3, 0.4) is 0 Å². The van der Waals surface area contributed by atoms with Gasteiger partial charge in [0.1, 0.15) is 11.5 Å². The van der Waals surface area contributed by atoms with Gasteiger partial charge in [-0.15, -0.1) is 0 Å². The first-order valence-electron chi connectivity index (χ1n) is 5.73. The number of aryl methyl sites for hydroxylation is 1. The van der Waals surface area contributed by atoms with E-state index in [9.17, 15) is 0 Å². The van der Waals surface area contributed by atoms with Crippen molar-refractivity contribution < 1.29 is 5.11 Å². The topological polar surface area (TPSA) is 76.4 Å². The molecule has 5 heteroatoms. The van der Waals surface area contributed by atoms with Gasteiger partial charge >= 0.3 is 0 Å². The van der Waals surface area contributed by atoms with Gasteiger partial charge in [-0.25, -0.2) is 4.68 Å². The predicted molar refractivity (Wildman–Crippen MR) is 72.2 cm³/mol. The fourth-order valence-electron chi connectivity index (χ4n) is 1.55. The second-order valence-electron chi connectivity index (χ2n) is 4.03. The molecule has 0 aliphatic heterocycles. The average Bonchev–Trinajstić information content (AvgIpc) is 2.71. The van der Waals surface area contributed by atoms with Crippen LogP contribution in [0.2, 0.25) is 0 Å². The smallest absolute Gasteiger partial charge is 0.147 e. The Balaban J connectivity index is 2.16. The molecule has 0 bridgehead atoms. The summed E-state index contributed by atoms with van der Waals surface area (Å²) in [5, 5.41) is 12.9. The van der Waals surface area contributed by atoms with Crippen molar-refractivity contribution in [2.24, 2.45) is 4.99 Å². The third-order valence-corrected chi connectivity index (χ3v) is 2.60. The Labute approximate surface area is 106 Å². The minimum atomic E-state index is 0.00694. The summed E-state index contributed by atoms with van der Waals surface area (Å²) in [6.07, 6.45) is 3.34. The van der Waals surface area contributed by atoms with E-state index < -0.39 is 0 Å². The molecule has 0 saturated heterocycles. The number of nitrogen functional groups attached to an aromatic ring is 1. The van der Waals surface area contributed by atoms with Gasteiger partial charge in [-0.1, -0.05) is 29.8 Å². The summed E-state index contributed by atoms with van der Waals surface area (Å²) in [6, 6.07) is 8.04. The fraction of sp³-hybridized carbons (Fsp3) is 0.231. The quantitative estimate of drug-likeness (QED) is 0.800. The number of anilines is 1. The number of benzene rings is 1. The van der Waals surface area contributed by atoms with Crippen LogP contribution in [0.25, 0.3) is 0 Å². The van der Waals surface area contributed by atoms with Crippen molar-refractivity contribution >= 4 is 17.7 Å². The normalized spacial score (nSPS) is 11.2. The third kappa shape index (κ3) is 2.75. The van der Waals surface area contributed by atoms with Crippen LogP contribution in [0.4, 0.5) is 11.5 Å². The Kier molecular flexibility index (Phi) is 3.74. The first-order valence-corrected chi connectivity index (χ1v) is 5.73. The monoisotopic (exact) mass is 244 g/mol. The summed E-state index contributed by atoms with van der Waals surface area (Å²) < 4.78 is 1.53. The summed E-state index contributed by atoms with van der Waals surface area (Å²) in [4.78, 5) is 4.29. The number of aliphatic hydroxyl groups excluding tert-OH is 1. The lowest BCUT2D eigenvalue weighted by molar-refractivity contribution is 0.270. The van der Waals surface area contributed by atoms with Gasteiger partial charge in [0.05, 0.1) is 19.3 Å². The molecule has 3 N–H and O–H groups in total. The molecule has 1 aromatic heterocycles. The summed E-state index contributed by atoms with van der Waals surface area (Å²) >= 11 is 0. The molecule has 0 atom stereocenters. The van der Waals surface area contributed by atoms with Crippen molar-refractivity contribution in [1.82, 2.24) is 9.78 Å². The van der Waals surface area contributed by atoms with E-state index in [2.05, 4.69) is 10.1 Å². The zero-order chi connectivity index (χ0) is 13.0. The minimum Gasteiger partial charge on any atom is -0.394 e. The van der Waals surface area contributed by atoms with Crippen molar-refractivity contribution in [3.8, 4) is 0 Å². The van der Waals surface area contributed by atoms with E-state index in [-0.39, 0.29) is 6.61 Å². The maximum absolute atomic E-state index is 8.83. The fourth-order valence-corrected chi connectivity index (χ4v) is 1.55. The lowest BCUT2D eigenvalue weighted by atomic mass is 10.2. The first-order chi connectivity index (χ1) is 8.70. The first kappa shape index (κ1) is 12.3. The van der Waals surface area contributed by atoms with Gasteiger partial charge in [-0.05, 0) is 12.5 Å². The van der Waals surface area contributed by atoms with Gasteiger partial charge in [-0.3, -0.25) is 4.99 Å². The Bertz CT molecular complexity index is 543. The molecule has 1 heterocycles. The molecule has 0 fully saturated rings. The maximum Gasteiger partial charge on any atom is 0.147 e. The Morgan fingerprint density at radius 3 is 2.78 bits per heavy atom. The molecule has 1 aromatic carbocycles. The summed E-state index contributed by atoms with van der Waals surface area (Å²) in [6.45, 7) is 2.43. The minimum absolute atomic E-state index is 0.00694. The zero-order valence-electron chi connectivity index (χ0n) is 10.2.